The second kappa shape index (κ2) is 13.5. The Kier molecular flexibility index (Phi) is 12.3. The molecule has 0 saturated heterocycles. The van der Waals surface area contributed by atoms with Crippen LogP contribution in [0.1, 0.15) is 53.9 Å². The topological polar surface area (TPSA) is 169 Å². The monoisotopic (exact) mass is 413 g/mol. The summed E-state index contributed by atoms with van der Waals surface area (Å²) in [7, 11) is 0. The maximum absolute atomic E-state index is 12.7. The number of carbonyl (C=O) groups excluding carboxylic acids is 4. The van der Waals surface area contributed by atoms with Crippen LogP contribution in [0.5, 0.6) is 0 Å². The molecule has 0 rings (SSSR count). The SMILES string of the molecule is CC(=O)N[C@@H](CC(C)C)C(=O)N[C@H](C(=O)N[C@@H](CCCN=C(N)N)[13CH]=O)C(C)C. The molecule has 0 aliphatic carbocycles. The Morgan fingerprint density at radius 1 is 1.00 bits per heavy atom. The Morgan fingerprint density at radius 3 is 2.07 bits per heavy atom. The van der Waals surface area contributed by atoms with Gasteiger partial charge >= 0.3 is 0 Å². The average molecular weight is 414 g/mol. The molecule has 0 radical (unpaired) electrons. The number of hydrogen-bond acceptors (Lipinski definition) is 5. The molecule has 0 aromatic heterocycles. The molecule has 0 unspecified atom stereocenters. The Morgan fingerprint density at radius 2 is 1.62 bits per heavy atom. The third-order valence-electron chi connectivity index (χ3n) is 4.11. The minimum absolute atomic E-state index is 0.0330. The zero-order valence-electron chi connectivity index (χ0n) is 18.0. The second-order valence-electron chi connectivity index (χ2n) is 7.81. The lowest BCUT2D eigenvalue weighted by Crippen LogP contribution is -2.56. The van der Waals surface area contributed by atoms with Crippen LogP contribution in [0.15, 0.2) is 4.99 Å². The van der Waals surface area contributed by atoms with Gasteiger partial charge < -0.3 is 32.2 Å². The molecule has 0 fully saturated rings. The van der Waals surface area contributed by atoms with Crippen molar-refractivity contribution in [3.05, 3.63) is 0 Å². The molecule has 10 nitrogen and oxygen atoms in total. The van der Waals surface area contributed by atoms with Gasteiger partial charge in [-0.3, -0.25) is 19.4 Å². The fraction of sp³-hybridized carbons (Fsp3) is 0.737. The molecule has 3 amide bonds. The van der Waals surface area contributed by atoms with Crippen LogP contribution in [0.2, 0.25) is 0 Å². The van der Waals surface area contributed by atoms with Crippen molar-refractivity contribution in [2.75, 3.05) is 6.54 Å². The van der Waals surface area contributed by atoms with E-state index in [2.05, 4.69) is 20.9 Å². The molecule has 0 bridgehead atoms. The minimum atomic E-state index is -0.842. The smallest absolute Gasteiger partial charge is 0.243 e. The summed E-state index contributed by atoms with van der Waals surface area (Å²) >= 11 is 0. The maximum Gasteiger partial charge on any atom is 0.243 e. The number of aliphatic imine (C=N–C) groups is 1. The molecule has 0 aromatic carbocycles. The van der Waals surface area contributed by atoms with E-state index < -0.39 is 29.9 Å². The highest BCUT2D eigenvalue weighted by molar-refractivity contribution is 5.92. The van der Waals surface area contributed by atoms with E-state index in [1.54, 1.807) is 13.8 Å². The average Bonchev–Trinajstić information content (AvgIpc) is 2.59. The highest BCUT2D eigenvalue weighted by Crippen LogP contribution is 2.08. The number of nitrogens with zero attached hydrogens (tertiary/aromatic N) is 1. The zero-order valence-corrected chi connectivity index (χ0v) is 18.0. The molecule has 10 heteroatoms. The number of amides is 3. The van der Waals surface area contributed by atoms with Crippen LogP contribution < -0.4 is 27.4 Å². The van der Waals surface area contributed by atoms with E-state index >= 15 is 0 Å². The third kappa shape index (κ3) is 11.7. The summed E-state index contributed by atoms with van der Waals surface area (Å²) in [6.45, 7) is 9.13. The van der Waals surface area contributed by atoms with Gasteiger partial charge in [-0.25, -0.2) is 0 Å². The fourth-order valence-corrected chi connectivity index (χ4v) is 2.70. The number of aldehydes is 1. The van der Waals surface area contributed by atoms with E-state index in [1.807, 2.05) is 13.8 Å². The summed E-state index contributed by atoms with van der Waals surface area (Å²) in [5.41, 5.74) is 10.5. The Hall–Kier alpha value is -2.65. The second-order valence-corrected chi connectivity index (χ2v) is 7.81. The molecule has 0 saturated carbocycles. The van der Waals surface area contributed by atoms with Gasteiger partial charge in [-0.1, -0.05) is 27.7 Å². The van der Waals surface area contributed by atoms with Crippen molar-refractivity contribution >= 4 is 30.0 Å². The molecule has 0 aliphatic heterocycles. The highest BCUT2D eigenvalue weighted by Gasteiger charge is 2.29. The van der Waals surface area contributed by atoms with Gasteiger partial charge in [-0.2, -0.15) is 0 Å². The van der Waals surface area contributed by atoms with Crippen LogP contribution in [0, 0.1) is 11.8 Å². The normalized spacial score (nSPS) is 13.9. The van der Waals surface area contributed by atoms with Crippen LogP contribution >= 0.6 is 0 Å². The maximum atomic E-state index is 12.7. The Labute approximate surface area is 172 Å². The highest BCUT2D eigenvalue weighted by atomic mass is 16.2. The summed E-state index contributed by atoms with van der Waals surface area (Å²) in [4.78, 5) is 51.8. The summed E-state index contributed by atoms with van der Waals surface area (Å²) < 4.78 is 0. The quantitative estimate of drug-likeness (QED) is 0.0889. The van der Waals surface area contributed by atoms with E-state index in [1.165, 1.54) is 6.92 Å². The molecular weight excluding hydrogens is 377 g/mol. The molecular formula is C19H36N6O4. The van der Waals surface area contributed by atoms with E-state index in [0.717, 1.165) is 0 Å². The Bertz CT molecular complexity index is 587. The molecule has 0 aromatic rings. The molecule has 29 heavy (non-hydrogen) atoms. The molecule has 7 N–H and O–H groups in total. The molecule has 3 atom stereocenters. The molecule has 0 heterocycles. The van der Waals surface area contributed by atoms with Gasteiger partial charge in [-0.15, -0.1) is 0 Å². The first-order valence-electron chi connectivity index (χ1n) is 9.86. The number of nitrogens with two attached hydrogens (primary N) is 2. The largest absolute Gasteiger partial charge is 0.370 e. The Balaban J connectivity index is 5.01. The standard InChI is InChI=1S/C19H36N6O4/c1-11(2)9-15(23-13(5)27)17(28)25-16(12(3)4)18(29)24-14(10-26)7-6-8-22-19(20)21/h10-12,14-16H,6-9H2,1-5H3,(H,23,27)(H,24,29)(H,25,28)(H4,20,21,22)/t14-,15-,16-/m0/s1/i10+1. The zero-order chi connectivity index (χ0) is 22.6. The van der Waals surface area contributed by atoms with Gasteiger partial charge in [0.25, 0.3) is 0 Å². The molecule has 0 spiro atoms. The third-order valence-corrected chi connectivity index (χ3v) is 4.11. The van der Waals surface area contributed by atoms with E-state index in [9.17, 15) is 19.2 Å². The summed E-state index contributed by atoms with van der Waals surface area (Å²) in [6, 6.07) is -2.29. The predicted molar refractivity (Wildman–Crippen MR) is 112 cm³/mol. The first-order chi connectivity index (χ1) is 13.5. The first-order valence-corrected chi connectivity index (χ1v) is 9.86. The van der Waals surface area contributed by atoms with Gasteiger partial charge in [0.1, 0.15) is 18.4 Å². The van der Waals surface area contributed by atoms with Crippen molar-refractivity contribution < 1.29 is 19.2 Å². The van der Waals surface area contributed by atoms with Gasteiger partial charge in [0.2, 0.25) is 17.7 Å². The van der Waals surface area contributed by atoms with E-state index in [-0.39, 0.29) is 23.7 Å². The fourth-order valence-electron chi connectivity index (χ4n) is 2.70. The van der Waals surface area contributed by atoms with Crippen LogP contribution in [-0.2, 0) is 19.2 Å². The van der Waals surface area contributed by atoms with E-state index in [4.69, 9.17) is 11.5 Å². The van der Waals surface area contributed by atoms with E-state index in [0.29, 0.717) is 32.1 Å². The van der Waals surface area contributed by atoms with Crippen molar-refractivity contribution in [1.82, 2.24) is 16.0 Å². The van der Waals surface area contributed by atoms with Crippen molar-refractivity contribution in [3.63, 3.8) is 0 Å². The van der Waals surface area contributed by atoms with Gasteiger partial charge in [0, 0.05) is 13.5 Å². The lowest BCUT2D eigenvalue weighted by molar-refractivity contribution is -0.133. The minimum Gasteiger partial charge on any atom is -0.370 e. The van der Waals surface area contributed by atoms with Crippen molar-refractivity contribution in [2.24, 2.45) is 28.3 Å². The summed E-state index contributed by atoms with van der Waals surface area (Å²) in [6.07, 6.45) is 1.97. The van der Waals surface area contributed by atoms with Gasteiger partial charge in [0.15, 0.2) is 5.96 Å². The number of guanidine groups is 1. The predicted octanol–water partition coefficient (Wildman–Crippen LogP) is -0.585. The van der Waals surface area contributed by atoms with Crippen molar-refractivity contribution in [1.29, 1.82) is 0 Å². The lowest BCUT2D eigenvalue weighted by Gasteiger charge is -2.26. The van der Waals surface area contributed by atoms with Gasteiger partial charge in [-0.05, 0) is 31.1 Å². The number of nitrogens with one attached hydrogen (secondary N) is 3. The number of carbonyl (C=O) groups is 4. The van der Waals surface area contributed by atoms with Crippen molar-refractivity contribution in [3.8, 4) is 0 Å². The van der Waals surface area contributed by atoms with Crippen LogP contribution in [0.4, 0.5) is 0 Å². The van der Waals surface area contributed by atoms with Crippen LogP contribution in [-0.4, -0.2) is 54.6 Å². The van der Waals surface area contributed by atoms with Gasteiger partial charge in [0.05, 0.1) is 6.04 Å². The number of rotatable bonds is 13. The molecule has 166 valence electrons. The lowest BCUT2D eigenvalue weighted by atomic mass is 9.99. The summed E-state index contributed by atoms with van der Waals surface area (Å²) in [5, 5.41) is 7.96. The van der Waals surface area contributed by atoms with Crippen LogP contribution in [0.3, 0.4) is 0 Å². The van der Waals surface area contributed by atoms with Crippen molar-refractivity contribution in [2.45, 2.75) is 72.0 Å². The number of hydrogen-bond donors (Lipinski definition) is 5. The summed E-state index contributed by atoms with van der Waals surface area (Å²) in [5.74, 6) is -1.29. The molecule has 0 aliphatic rings. The van der Waals surface area contributed by atoms with Crippen LogP contribution in [0.25, 0.3) is 0 Å². The first kappa shape index (κ1) is 26.4.